The molecule has 2 heterocycles. The van der Waals surface area contributed by atoms with Gasteiger partial charge in [0.05, 0.1) is 12.2 Å². The molecular weight excluding hydrogens is 132 g/mol. The Morgan fingerprint density at radius 3 is 2.70 bits per heavy atom. The van der Waals surface area contributed by atoms with E-state index >= 15 is 0 Å². The van der Waals surface area contributed by atoms with Crippen LogP contribution >= 0.6 is 0 Å². The first-order valence-corrected chi connectivity index (χ1v) is 3.55. The average molecular weight is 144 g/mol. The van der Waals surface area contributed by atoms with Crippen LogP contribution in [0.3, 0.4) is 0 Å². The minimum Gasteiger partial charge on any atom is -0.369 e. The van der Waals surface area contributed by atoms with Gasteiger partial charge in [-0.1, -0.05) is 0 Å². The Kier molecular flexibility index (Phi) is 1.42. The van der Waals surface area contributed by atoms with Crippen LogP contribution < -0.4 is 11.2 Å². The van der Waals surface area contributed by atoms with Gasteiger partial charge in [-0.25, -0.2) is 5.90 Å². The summed E-state index contributed by atoms with van der Waals surface area (Å²) in [7, 11) is 0. The van der Waals surface area contributed by atoms with Crippen LogP contribution in [0.4, 0.5) is 0 Å². The van der Waals surface area contributed by atoms with E-state index in [-0.39, 0.29) is 11.7 Å². The molecule has 1 atom stereocenters. The smallest absolute Gasteiger partial charge is 0.105 e. The van der Waals surface area contributed by atoms with Crippen LogP contribution in [-0.2, 0) is 9.57 Å². The van der Waals surface area contributed by atoms with Crippen LogP contribution in [0.15, 0.2) is 0 Å². The van der Waals surface area contributed by atoms with Crippen molar-refractivity contribution in [2.24, 2.45) is 5.90 Å². The zero-order chi connectivity index (χ0) is 7.03. The molecule has 1 unspecified atom stereocenters. The van der Waals surface area contributed by atoms with Crippen molar-refractivity contribution in [2.75, 3.05) is 19.7 Å². The maximum absolute atomic E-state index is 5.51. The van der Waals surface area contributed by atoms with Crippen LogP contribution in [-0.4, -0.2) is 31.4 Å². The first kappa shape index (κ1) is 6.54. The standard InChI is InChI=1S/C6H12N2O2/c7-10-5-1-6(9-2-5)3-8-4-6/h5,8H,1-4,7H2. The molecule has 0 saturated carbocycles. The monoisotopic (exact) mass is 144 g/mol. The summed E-state index contributed by atoms with van der Waals surface area (Å²) < 4.78 is 5.51. The lowest BCUT2D eigenvalue weighted by molar-refractivity contribution is -0.0385. The Hall–Kier alpha value is -0.160. The minimum absolute atomic E-state index is 0.0734. The Bertz CT molecular complexity index is 136. The quantitative estimate of drug-likeness (QED) is 0.464. The Balaban J connectivity index is 1.92. The number of ether oxygens (including phenoxy) is 1. The van der Waals surface area contributed by atoms with Crippen LogP contribution in [0.2, 0.25) is 0 Å². The molecule has 0 radical (unpaired) electrons. The summed E-state index contributed by atoms with van der Waals surface area (Å²) in [6.07, 6.45) is 1.05. The Morgan fingerprint density at radius 1 is 1.60 bits per heavy atom. The highest BCUT2D eigenvalue weighted by molar-refractivity contribution is 5.00. The molecule has 0 aliphatic carbocycles. The number of rotatable bonds is 1. The van der Waals surface area contributed by atoms with Crippen molar-refractivity contribution >= 4 is 0 Å². The second kappa shape index (κ2) is 2.17. The van der Waals surface area contributed by atoms with Gasteiger partial charge in [0.2, 0.25) is 0 Å². The maximum atomic E-state index is 5.51. The lowest BCUT2D eigenvalue weighted by Crippen LogP contribution is -2.59. The van der Waals surface area contributed by atoms with Crippen molar-refractivity contribution in [1.82, 2.24) is 5.32 Å². The van der Waals surface area contributed by atoms with Crippen LogP contribution in [0.5, 0.6) is 0 Å². The van der Waals surface area contributed by atoms with Gasteiger partial charge in [-0.3, -0.25) is 4.84 Å². The summed E-state index contributed by atoms with van der Waals surface area (Å²) in [5, 5.41) is 3.17. The Labute approximate surface area is 59.6 Å². The van der Waals surface area contributed by atoms with E-state index in [0.29, 0.717) is 6.61 Å². The van der Waals surface area contributed by atoms with Crippen molar-refractivity contribution in [3.63, 3.8) is 0 Å². The zero-order valence-electron chi connectivity index (χ0n) is 5.80. The zero-order valence-corrected chi connectivity index (χ0v) is 5.80. The van der Waals surface area contributed by atoms with Crippen LogP contribution in [0.1, 0.15) is 6.42 Å². The highest BCUT2D eigenvalue weighted by Gasteiger charge is 2.45. The summed E-state index contributed by atoms with van der Waals surface area (Å²) in [6, 6.07) is 0. The lowest BCUT2D eigenvalue weighted by Gasteiger charge is -2.37. The predicted molar refractivity (Wildman–Crippen MR) is 35.2 cm³/mol. The third kappa shape index (κ3) is 0.845. The lowest BCUT2D eigenvalue weighted by atomic mass is 9.93. The number of nitrogens with one attached hydrogen (secondary N) is 1. The van der Waals surface area contributed by atoms with Gasteiger partial charge in [-0.15, -0.1) is 0 Å². The molecule has 58 valence electrons. The van der Waals surface area contributed by atoms with Gasteiger partial charge in [0.25, 0.3) is 0 Å². The third-order valence-corrected chi connectivity index (χ3v) is 2.26. The minimum atomic E-state index is 0.0734. The van der Waals surface area contributed by atoms with Crippen molar-refractivity contribution in [3.05, 3.63) is 0 Å². The molecule has 3 N–H and O–H groups in total. The van der Waals surface area contributed by atoms with Gasteiger partial charge in [-0.05, 0) is 0 Å². The van der Waals surface area contributed by atoms with E-state index in [0.717, 1.165) is 19.5 Å². The molecule has 0 aromatic carbocycles. The fourth-order valence-electron chi connectivity index (χ4n) is 1.54. The SMILES string of the molecule is NOC1COC2(CNC2)C1. The highest BCUT2D eigenvalue weighted by atomic mass is 16.6. The first-order chi connectivity index (χ1) is 4.85. The van der Waals surface area contributed by atoms with Crippen molar-refractivity contribution in [1.29, 1.82) is 0 Å². The van der Waals surface area contributed by atoms with E-state index in [1.165, 1.54) is 0 Å². The van der Waals surface area contributed by atoms with Crippen molar-refractivity contribution in [2.45, 2.75) is 18.1 Å². The fraction of sp³-hybridized carbons (Fsp3) is 1.00. The molecule has 2 rings (SSSR count). The normalized spacial score (nSPS) is 36.3. The molecule has 1 spiro atoms. The predicted octanol–water partition coefficient (Wildman–Crippen LogP) is -0.992. The third-order valence-electron chi connectivity index (χ3n) is 2.26. The summed E-state index contributed by atoms with van der Waals surface area (Å²) in [5.74, 6) is 5.03. The van der Waals surface area contributed by atoms with Gasteiger partial charge in [-0.2, -0.15) is 0 Å². The largest absolute Gasteiger partial charge is 0.369 e. The molecule has 0 aromatic rings. The number of nitrogens with two attached hydrogens (primary N) is 1. The van der Waals surface area contributed by atoms with E-state index < -0.39 is 0 Å². The molecule has 10 heavy (non-hydrogen) atoms. The van der Waals surface area contributed by atoms with Gasteiger partial charge < -0.3 is 10.1 Å². The molecule has 0 amide bonds. The highest BCUT2D eigenvalue weighted by Crippen LogP contribution is 2.30. The second-order valence-electron chi connectivity index (χ2n) is 3.06. The molecule has 2 fully saturated rings. The van der Waals surface area contributed by atoms with Gasteiger partial charge in [0.1, 0.15) is 6.10 Å². The molecule has 4 heteroatoms. The fourth-order valence-corrected chi connectivity index (χ4v) is 1.54. The molecular formula is C6H12N2O2. The van der Waals surface area contributed by atoms with Gasteiger partial charge >= 0.3 is 0 Å². The van der Waals surface area contributed by atoms with Gasteiger partial charge in [0.15, 0.2) is 0 Å². The summed E-state index contributed by atoms with van der Waals surface area (Å²) >= 11 is 0. The van der Waals surface area contributed by atoms with E-state index in [4.69, 9.17) is 10.6 Å². The molecule has 2 saturated heterocycles. The first-order valence-electron chi connectivity index (χ1n) is 3.55. The molecule has 0 bridgehead atoms. The maximum Gasteiger partial charge on any atom is 0.105 e. The molecule has 2 aliphatic heterocycles. The van der Waals surface area contributed by atoms with Gasteiger partial charge in [0, 0.05) is 19.5 Å². The Morgan fingerprint density at radius 2 is 2.40 bits per heavy atom. The van der Waals surface area contributed by atoms with E-state index in [1.807, 2.05) is 0 Å². The van der Waals surface area contributed by atoms with Crippen LogP contribution in [0, 0.1) is 0 Å². The van der Waals surface area contributed by atoms with E-state index in [9.17, 15) is 0 Å². The summed E-state index contributed by atoms with van der Waals surface area (Å²) in [4.78, 5) is 4.69. The average Bonchev–Trinajstić information content (AvgIpc) is 2.29. The van der Waals surface area contributed by atoms with Crippen molar-refractivity contribution < 1.29 is 9.57 Å². The molecule has 2 aliphatic rings. The molecule has 4 nitrogen and oxygen atoms in total. The number of hydrogen-bond acceptors (Lipinski definition) is 4. The molecule has 0 aromatic heterocycles. The van der Waals surface area contributed by atoms with Crippen LogP contribution in [0.25, 0.3) is 0 Å². The summed E-state index contributed by atoms with van der Waals surface area (Å²) in [6.45, 7) is 2.55. The van der Waals surface area contributed by atoms with E-state index in [1.54, 1.807) is 0 Å². The van der Waals surface area contributed by atoms with Crippen molar-refractivity contribution in [3.8, 4) is 0 Å². The second-order valence-corrected chi connectivity index (χ2v) is 3.06. The number of hydrogen-bond donors (Lipinski definition) is 2. The summed E-state index contributed by atoms with van der Waals surface area (Å²) in [5.41, 5.74) is 0.0734. The van der Waals surface area contributed by atoms with E-state index in [2.05, 4.69) is 10.2 Å². The topological polar surface area (TPSA) is 56.5 Å².